The predicted octanol–water partition coefficient (Wildman–Crippen LogP) is 2.63. The zero-order valence-corrected chi connectivity index (χ0v) is 16.0. The molecule has 0 radical (unpaired) electrons. The van der Waals surface area contributed by atoms with Gasteiger partial charge in [-0.3, -0.25) is 0 Å². The second-order valence-corrected chi connectivity index (χ2v) is 7.25. The number of fused-ring (bicyclic) bond motifs is 1. The lowest BCUT2D eigenvalue weighted by Crippen LogP contribution is -2.24. The van der Waals surface area contributed by atoms with E-state index in [1.165, 1.54) is 16.7 Å². The van der Waals surface area contributed by atoms with Crippen molar-refractivity contribution in [2.45, 2.75) is 26.0 Å². The molecule has 0 unspecified atom stereocenters. The molecule has 1 aromatic heterocycles. The highest BCUT2D eigenvalue weighted by molar-refractivity contribution is 5.69. The first-order valence-corrected chi connectivity index (χ1v) is 9.22. The van der Waals surface area contributed by atoms with Crippen molar-refractivity contribution in [2.24, 2.45) is 5.73 Å². The molecule has 0 saturated heterocycles. The molecule has 3 aromatic rings. The summed E-state index contributed by atoms with van der Waals surface area (Å²) < 4.78 is 8.04. The van der Waals surface area contributed by atoms with E-state index in [0.717, 1.165) is 23.7 Å². The minimum atomic E-state index is 0.0280. The maximum Gasteiger partial charge on any atom is 0.224 e. The Morgan fingerprint density at radius 3 is 2.70 bits per heavy atom. The van der Waals surface area contributed by atoms with Crippen LogP contribution in [0.15, 0.2) is 42.5 Å². The van der Waals surface area contributed by atoms with Crippen LogP contribution in [-0.4, -0.2) is 41.5 Å². The molecule has 6 heteroatoms. The zero-order valence-electron chi connectivity index (χ0n) is 16.0. The fourth-order valence-corrected chi connectivity index (χ4v) is 3.53. The molecule has 0 bridgehead atoms. The fourth-order valence-electron chi connectivity index (χ4n) is 3.53. The summed E-state index contributed by atoms with van der Waals surface area (Å²) in [6.45, 7) is 3.26. The van der Waals surface area contributed by atoms with Gasteiger partial charge in [-0.1, -0.05) is 36.4 Å². The van der Waals surface area contributed by atoms with Gasteiger partial charge in [0.05, 0.1) is 12.1 Å². The lowest BCUT2D eigenvalue weighted by atomic mass is 10.0. The predicted molar refractivity (Wildman–Crippen MR) is 107 cm³/mol. The van der Waals surface area contributed by atoms with Crippen LogP contribution in [0.2, 0.25) is 0 Å². The quantitative estimate of drug-likeness (QED) is 0.755. The molecule has 4 rings (SSSR count). The van der Waals surface area contributed by atoms with Crippen LogP contribution in [0.4, 0.5) is 5.95 Å². The number of rotatable bonds is 5. The van der Waals surface area contributed by atoms with Crippen molar-refractivity contribution in [3.05, 3.63) is 59.2 Å². The summed E-state index contributed by atoms with van der Waals surface area (Å²) in [5.41, 5.74) is 10.3. The summed E-state index contributed by atoms with van der Waals surface area (Å²) in [5.74, 6) is 2.38. The lowest BCUT2D eigenvalue weighted by molar-refractivity contribution is 0.242. The van der Waals surface area contributed by atoms with Crippen molar-refractivity contribution in [3.8, 4) is 17.1 Å². The average Bonchev–Trinajstić information content (AvgIpc) is 3.25. The van der Waals surface area contributed by atoms with Crippen LogP contribution in [0, 0.1) is 6.92 Å². The first-order chi connectivity index (χ1) is 13.0. The third-order valence-corrected chi connectivity index (χ3v) is 4.77. The molecule has 2 N–H and O–H groups in total. The van der Waals surface area contributed by atoms with Gasteiger partial charge < -0.3 is 15.4 Å². The van der Waals surface area contributed by atoms with Crippen molar-refractivity contribution in [1.29, 1.82) is 0 Å². The monoisotopic (exact) mass is 363 g/mol. The molecule has 6 nitrogen and oxygen atoms in total. The molecule has 27 heavy (non-hydrogen) atoms. The molecule has 0 amide bonds. The first-order valence-electron chi connectivity index (χ1n) is 9.22. The molecular weight excluding hydrogens is 338 g/mol. The van der Waals surface area contributed by atoms with Crippen molar-refractivity contribution in [2.75, 3.05) is 25.5 Å². The number of benzene rings is 2. The van der Waals surface area contributed by atoms with Crippen LogP contribution in [0.1, 0.15) is 16.7 Å². The summed E-state index contributed by atoms with van der Waals surface area (Å²) in [5, 5.41) is 4.82. The molecule has 1 aliphatic heterocycles. The van der Waals surface area contributed by atoms with Gasteiger partial charge in [-0.15, -0.1) is 5.10 Å². The molecule has 1 aliphatic rings. The van der Waals surface area contributed by atoms with Crippen LogP contribution < -0.4 is 15.4 Å². The number of ether oxygens (including phenoxy) is 1. The van der Waals surface area contributed by atoms with Crippen LogP contribution in [0.25, 0.3) is 11.4 Å². The molecule has 0 fully saturated rings. The summed E-state index contributed by atoms with van der Waals surface area (Å²) in [6, 6.07) is 14.6. The Morgan fingerprint density at radius 2 is 2.00 bits per heavy atom. The van der Waals surface area contributed by atoms with Crippen LogP contribution in [0.3, 0.4) is 0 Å². The summed E-state index contributed by atoms with van der Waals surface area (Å²) in [6.07, 6.45) is 0.867. The highest BCUT2D eigenvalue weighted by Crippen LogP contribution is 2.39. The van der Waals surface area contributed by atoms with Gasteiger partial charge in [0.15, 0.2) is 5.82 Å². The Morgan fingerprint density at radius 1 is 1.22 bits per heavy atom. The van der Waals surface area contributed by atoms with E-state index in [0.29, 0.717) is 18.9 Å². The number of hydrogen-bond acceptors (Lipinski definition) is 5. The van der Waals surface area contributed by atoms with Gasteiger partial charge in [-0.2, -0.15) is 4.98 Å². The van der Waals surface area contributed by atoms with E-state index >= 15 is 0 Å². The zero-order chi connectivity index (χ0) is 19.0. The van der Waals surface area contributed by atoms with E-state index in [1.54, 1.807) is 0 Å². The molecule has 2 heterocycles. The van der Waals surface area contributed by atoms with Gasteiger partial charge in [-0.25, -0.2) is 4.68 Å². The van der Waals surface area contributed by atoms with Gasteiger partial charge in [-0.05, 0) is 29.7 Å². The van der Waals surface area contributed by atoms with E-state index in [1.807, 2.05) is 41.9 Å². The number of hydrogen-bond donors (Lipinski definition) is 1. The first kappa shape index (κ1) is 17.5. The van der Waals surface area contributed by atoms with Gasteiger partial charge in [0, 0.05) is 27.1 Å². The molecule has 140 valence electrons. The number of anilines is 1. The van der Waals surface area contributed by atoms with Crippen LogP contribution >= 0.6 is 0 Å². The number of aryl methyl sites for hydroxylation is 1. The van der Waals surface area contributed by atoms with E-state index in [-0.39, 0.29) is 6.10 Å². The Labute approximate surface area is 159 Å². The fraction of sp³-hybridized carbons (Fsp3) is 0.333. The molecule has 0 saturated carbocycles. The Balaban J connectivity index is 1.77. The summed E-state index contributed by atoms with van der Waals surface area (Å²) in [7, 11) is 3.97. The minimum Gasteiger partial charge on any atom is -0.488 e. The third-order valence-electron chi connectivity index (χ3n) is 4.77. The van der Waals surface area contributed by atoms with E-state index in [2.05, 4.69) is 31.2 Å². The Bertz CT molecular complexity index is 949. The van der Waals surface area contributed by atoms with Crippen molar-refractivity contribution in [3.63, 3.8) is 0 Å². The second kappa shape index (κ2) is 7.04. The lowest BCUT2D eigenvalue weighted by Gasteiger charge is -2.12. The Kier molecular flexibility index (Phi) is 4.58. The highest BCUT2D eigenvalue weighted by Gasteiger charge is 2.27. The summed E-state index contributed by atoms with van der Waals surface area (Å²) in [4.78, 5) is 6.80. The molecule has 1 atom stereocenters. The standard InChI is InChI=1S/C21H25N5O/c1-14-9-16-11-17(12-22)27-19(16)18(10-14)20-23-21(25(2)3)26(24-20)13-15-7-5-4-6-8-15/h4-10,17H,11-13,22H2,1-3H3/t17-/m1/s1. The van der Waals surface area contributed by atoms with Crippen molar-refractivity contribution in [1.82, 2.24) is 14.8 Å². The molecule has 0 spiro atoms. The smallest absolute Gasteiger partial charge is 0.224 e. The topological polar surface area (TPSA) is 69.2 Å². The van der Waals surface area contributed by atoms with Gasteiger partial charge in [0.2, 0.25) is 5.95 Å². The van der Waals surface area contributed by atoms with E-state index < -0.39 is 0 Å². The average molecular weight is 363 g/mol. The number of nitrogens with two attached hydrogens (primary N) is 1. The SMILES string of the molecule is Cc1cc2c(c(-c3nc(N(C)C)n(Cc4ccccc4)n3)c1)O[C@@H](CN)C2. The maximum atomic E-state index is 6.10. The van der Waals surface area contributed by atoms with Crippen LogP contribution in [0.5, 0.6) is 5.75 Å². The van der Waals surface area contributed by atoms with Crippen molar-refractivity contribution < 1.29 is 4.74 Å². The highest BCUT2D eigenvalue weighted by atomic mass is 16.5. The third kappa shape index (κ3) is 3.40. The molecule has 2 aromatic carbocycles. The second-order valence-electron chi connectivity index (χ2n) is 7.25. The molecular formula is C21H25N5O. The molecule has 0 aliphatic carbocycles. The van der Waals surface area contributed by atoms with E-state index in [4.69, 9.17) is 20.6 Å². The number of nitrogens with zero attached hydrogens (tertiary/aromatic N) is 4. The van der Waals surface area contributed by atoms with Gasteiger partial charge in [0.25, 0.3) is 0 Å². The summed E-state index contributed by atoms with van der Waals surface area (Å²) >= 11 is 0. The number of aromatic nitrogens is 3. The van der Waals surface area contributed by atoms with Gasteiger partial charge >= 0.3 is 0 Å². The Hall–Kier alpha value is -2.86. The normalized spacial score (nSPS) is 15.5. The maximum absolute atomic E-state index is 6.10. The van der Waals surface area contributed by atoms with Crippen molar-refractivity contribution >= 4 is 5.95 Å². The van der Waals surface area contributed by atoms with Gasteiger partial charge in [0.1, 0.15) is 11.9 Å². The minimum absolute atomic E-state index is 0.0280. The van der Waals surface area contributed by atoms with E-state index in [9.17, 15) is 0 Å². The van der Waals surface area contributed by atoms with Crippen LogP contribution in [-0.2, 0) is 13.0 Å². The largest absolute Gasteiger partial charge is 0.488 e.